The average Bonchev–Trinajstić information content (AvgIpc) is 3.24. The summed E-state index contributed by atoms with van der Waals surface area (Å²) < 4.78 is 0. The monoisotopic (exact) mass is 785 g/mol. The van der Waals surface area contributed by atoms with Crippen LogP contribution in [0, 0.1) is 22.7 Å². The summed E-state index contributed by atoms with van der Waals surface area (Å²) in [6.45, 7) is 9.17. The lowest BCUT2D eigenvalue weighted by Gasteiger charge is -2.18. The Hall–Kier alpha value is -3.50. The first kappa shape index (κ1) is 47.2. The molecule has 1 aromatic heterocycles. The summed E-state index contributed by atoms with van der Waals surface area (Å²) in [5.74, 6) is 0. The number of rotatable bonds is 32. The third kappa shape index (κ3) is 15.0. The molecule has 0 saturated heterocycles. The van der Waals surface area contributed by atoms with Crippen molar-refractivity contribution < 1.29 is 0 Å². The van der Waals surface area contributed by atoms with Crippen LogP contribution < -0.4 is 0 Å². The van der Waals surface area contributed by atoms with E-state index in [1.807, 2.05) is 0 Å². The molecule has 3 aromatic carbocycles. The Kier molecular flexibility index (Phi) is 22.8. The molecular weight excluding hydrogens is 705 g/mol. The Bertz CT molecular complexity index is 1870. The number of nitriles is 2. The van der Waals surface area contributed by atoms with E-state index in [0.717, 1.165) is 47.5 Å². The molecule has 0 saturated carbocycles. The van der Waals surface area contributed by atoms with E-state index in [0.29, 0.717) is 0 Å². The second-order valence-electron chi connectivity index (χ2n) is 17.7. The SMILES string of the molecule is CCCCCCCCCCc1cc2c3cc(CCCCCCCC)c(CCCCCCCC)cc3c3nc(C#N)c(C#N)nc3c2cc1CCCCCCCCCC. The molecule has 0 aliphatic carbocycles. The molecule has 4 aromatic rings. The van der Waals surface area contributed by atoms with Gasteiger partial charge >= 0.3 is 0 Å². The van der Waals surface area contributed by atoms with E-state index in [1.165, 1.54) is 213 Å². The quantitative estimate of drug-likeness (QED) is 0.0365. The highest BCUT2D eigenvalue weighted by molar-refractivity contribution is 6.23. The van der Waals surface area contributed by atoms with Crippen LogP contribution >= 0.6 is 0 Å². The highest BCUT2D eigenvalue weighted by Crippen LogP contribution is 2.38. The van der Waals surface area contributed by atoms with Crippen LogP contribution in [0.3, 0.4) is 0 Å². The Balaban J connectivity index is 1.79. The molecule has 0 fully saturated rings. The van der Waals surface area contributed by atoms with Crippen LogP contribution in [0.1, 0.15) is 241 Å². The van der Waals surface area contributed by atoms with Gasteiger partial charge in [-0.2, -0.15) is 10.5 Å². The van der Waals surface area contributed by atoms with Crippen molar-refractivity contribution in [2.75, 3.05) is 0 Å². The van der Waals surface area contributed by atoms with Gasteiger partial charge < -0.3 is 0 Å². The fourth-order valence-electron chi connectivity index (χ4n) is 9.20. The minimum Gasteiger partial charge on any atom is -0.232 e. The fourth-order valence-corrected chi connectivity index (χ4v) is 9.20. The summed E-state index contributed by atoms with van der Waals surface area (Å²) in [6.07, 6.45) is 40.9. The lowest BCUT2D eigenvalue weighted by molar-refractivity contribution is 0.571. The predicted octanol–water partition coefficient (Wildman–Crippen LogP) is 16.9. The second-order valence-corrected chi connectivity index (χ2v) is 17.7. The molecular formula is C54H80N4. The first-order valence-electron chi connectivity index (χ1n) is 24.6. The van der Waals surface area contributed by atoms with E-state index in [4.69, 9.17) is 9.97 Å². The van der Waals surface area contributed by atoms with E-state index in [1.54, 1.807) is 0 Å². The molecule has 4 nitrogen and oxygen atoms in total. The largest absolute Gasteiger partial charge is 0.232 e. The van der Waals surface area contributed by atoms with Crippen molar-refractivity contribution in [3.8, 4) is 12.1 Å². The maximum absolute atomic E-state index is 10.1. The number of benzene rings is 3. The maximum Gasteiger partial charge on any atom is 0.177 e. The minimum absolute atomic E-state index is 0.134. The molecule has 0 N–H and O–H groups in total. The summed E-state index contributed by atoms with van der Waals surface area (Å²) in [4.78, 5) is 9.94. The van der Waals surface area contributed by atoms with Gasteiger partial charge in [-0.05, 0) is 96.5 Å². The Morgan fingerprint density at radius 3 is 0.793 bits per heavy atom. The van der Waals surface area contributed by atoms with Crippen molar-refractivity contribution in [2.24, 2.45) is 0 Å². The van der Waals surface area contributed by atoms with Crippen LogP contribution in [0.4, 0.5) is 0 Å². The Morgan fingerprint density at radius 1 is 0.328 bits per heavy atom. The van der Waals surface area contributed by atoms with Gasteiger partial charge in [0.2, 0.25) is 0 Å². The Morgan fingerprint density at radius 2 is 0.552 bits per heavy atom. The maximum atomic E-state index is 10.1. The number of hydrogen-bond donors (Lipinski definition) is 0. The van der Waals surface area contributed by atoms with Gasteiger partial charge in [-0.25, -0.2) is 9.97 Å². The van der Waals surface area contributed by atoms with Gasteiger partial charge in [-0.1, -0.05) is 194 Å². The van der Waals surface area contributed by atoms with Crippen LogP contribution in [-0.4, -0.2) is 9.97 Å². The number of hydrogen-bond acceptors (Lipinski definition) is 4. The van der Waals surface area contributed by atoms with Gasteiger partial charge in [0.05, 0.1) is 11.0 Å². The van der Waals surface area contributed by atoms with Crippen LogP contribution in [-0.2, 0) is 25.7 Å². The van der Waals surface area contributed by atoms with Crippen LogP contribution in [0.5, 0.6) is 0 Å². The predicted molar refractivity (Wildman–Crippen MR) is 251 cm³/mol. The Labute approximate surface area is 355 Å². The van der Waals surface area contributed by atoms with E-state index < -0.39 is 0 Å². The van der Waals surface area contributed by atoms with Crippen molar-refractivity contribution in [1.82, 2.24) is 9.97 Å². The number of aryl methyl sites for hydroxylation is 4. The molecule has 0 unspecified atom stereocenters. The summed E-state index contributed by atoms with van der Waals surface area (Å²) >= 11 is 0. The third-order valence-corrected chi connectivity index (χ3v) is 12.8. The molecule has 0 atom stereocenters. The molecule has 0 radical (unpaired) electrons. The molecule has 58 heavy (non-hydrogen) atoms. The van der Waals surface area contributed by atoms with Gasteiger partial charge in [0.15, 0.2) is 11.4 Å². The first-order chi connectivity index (χ1) is 28.6. The molecule has 0 spiro atoms. The summed E-state index contributed by atoms with van der Waals surface area (Å²) in [5.41, 5.74) is 7.70. The van der Waals surface area contributed by atoms with E-state index in [9.17, 15) is 10.5 Å². The van der Waals surface area contributed by atoms with E-state index in [2.05, 4.69) is 64.1 Å². The zero-order chi connectivity index (χ0) is 41.2. The van der Waals surface area contributed by atoms with E-state index >= 15 is 0 Å². The third-order valence-electron chi connectivity index (χ3n) is 12.8. The molecule has 0 bridgehead atoms. The zero-order valence-electron chi connectivity index (χ0n) is 37.7. The topological polar surface area (TPSA) is 73.4 Å². The standard InChI is InChI=1S/C54H80N4/c1-5-9-13-17-21-23-27-31-34-44-38-48-47-37-43(33-29-25-19-15-11-7-3)45(35-30-26-20-16-12-8-4)39-49(47)53-54(58-52(42-56)51(41-55)57-53)50(48)40-46(44)36-32-28-24-22-18-14-10-6-2/h37-40H,5-36H2,1-4H3. The molecule has 0 aliphatic rings. The number of nitrogens with zero attached hydrogens (tertiary/aromatic N) is 4. The van der Waals surface area contributed by atoms with Crippen LogP contribution in [0.2, 0.25) is 0 Å². The first-order valence-corrected chi connectivity index (χ1v) is 24.6. The van der Waals surface area contributed by atoms with Crippen molar-refractivity contribution in [1.29, 1.82) is 10.5 Å². The van der Waals surface area contributed by atoms with E-state index in [-0.39, 0.29) is 11.4 Å². The summed E-state index contributed by atoms with van der Waals surface area (Å²) in [7, 11) is 0. The lowest BCUT2D eigenvalue weighted by atomic mass is 9.87. The molecule has 4 rings (SSSR count). The summed E-state index contributed by atoms with van der Waals surface area (Å²) in [6, 6.07) is 14.3. The molecule has 0 amide bonds. The van der Waals surface area contributed by atoms with Gasteiger partial charge in [-0.3, -0.25) is 0 Å². The van der Waals surface area contributed by atoms with Crippen LogP contribution in [0.25, 0.3) is 32.6 Å². The van der Waals surface area contributed by atoms with Gasteiger partial charge in [0.1, 0.15) is 12.1 Å². The highest BCUT2D eigenvalue weighted by atomic mass is 14.8. The minimum atomic E-state index is 0.134. The smallest absolute Gasteiger partial charge is 0.177 e. The normalized spacial score (nSPS) is 11.6. The van der Waals surface area contributed by atoms with Crippen molar-refractivity contribution in [3.05, 3.63) is 57.9 Å². The number of unbranched alkanes of at least 4 members (excludes halogenated alkanes) is 24. The van der Waals surface area contributed by atoms with Gasteiger partial charge in [0.25, 0.3) is 0 Å². The summed E-state index contributed by atoms with van der Waals surface area (Å²) in [5, 5.41) is 24.9. The molecule has 316 valence electrons. The highest BCUT2D eigenvalue weighted by Gasteiger charge is 2.19. The van der Waals surface area contributed by atoms with Crippen molar-refractivity contribution in [3.63, 3.8) is 0 Å². The van der Waals surface area contributed by atoms with Crippen molar-refractivity contribution in [2.45, 2.75) is 233 Å². The number of aromatic nitrogens is 2. The van der Waals surface area contributed by atoms with Crippen molar-refractivity contribution >= 4 is 32.6 Å². The fraction of sp³-hybridized carbons (Fsp3) is 0.667. The zero-order valence-corrected chi connectivity index (χ0v) is 37.7. The average molecular weight is 785 g/mol. The van der Waals surface area contributed by atoms with Crippen LogP contribution in [0.15, 0.2) is 24.3 Å². The molecule has 4 heteroatoms. The molecule has 1 heterocycles. The molecule has 0 aliphatic heterocycles. The lowest BCUT2D eigenvalue weighted by Crippen LogP contribution is -2.02. The second kappa shape index (κ2) is 28.1. The van der Waals surface area contributed by atoms with Gasteiger partial charge in [0, 0.05) is 10.8 Å². The number of fused-ring (bicyclic) bond motifs is 6. The van der Waals surface area contributed by atoms with Gasteiger partial charge in [-0.15, -0.1) is 0 Å².